The van der Waals surface area contributed by atoms with E-state index in [9.17, 15) is 9.59 Å². The van der Waals surface area contributed by atoms with Crippen LogP contribution in [-0.4, -0.2) is 28.6 Å². The van der Waals surface area contributed by atoms with Crippen LogP contribution in [0.25, 0.3) is 0 Å². The van der Waals surface area contributed by atoms with Gasteiger partial charge in [0.05, 0.1) is 11.1 Å². The van der Waals surface area contributed by atoms with Crippen LogP contribution in [0.15, 0.2) is 24.3 Å². The molecule has 30 heavy (non-hydrogen) atoms. The highest BCUT2D eigenvalue weighted by molar-refractivity contribution is 6.21. The van der Waals surface area contributed by atoms with Crippen molar-refractivity contribution in [3.8, 4) is 0 Å². The average molecular weight is 434 g/mol. The molecule has 0 fully saturated rings. The van der Waals surface area contributed by atoms with E-state index >= 15 is 0 Å². The number of carbonyl (C=O) groups is 2. The fourth-order valence-corrected chi connectivity index (χ4v) is 4.57. The summed E-state index contributed by atoms with van der Waals surface area (Å²) in [6.07, 6.45) is 18.9. The van der Waals surface area contributed by atoms with Gasteiger partial charge in [0.15, 0.2) is 0 Å². The lowest BCUT2D eigenvalue weighted by molar-refractivity contribution is 0.0651. The summed E-state index contributed by atoms with van der Waals surface area (Å²) < 4.78 is 0. The molecular formula is C26H40ClNO2. The molecule has 0 aliphatic carbocycles. The summed E-state index contributed by atoms with van der Waals surface area (Å²) in [5.41, 5.74) is 1.06. The molecule has 2 amide bonds. The van der Waals surface area contributed by atoms with Crippen molar-refractivity contribution in [2.24, 2.45) is 0 Å². The molecule has 1 aliphatic rings. The van der Waals surface area contributed by atoms with Gasteiger partial charge in [0.25, 0.3) is 11.8 Å². The van der Waals surface area contributed by atoms with Gasteiger partial charge in [-0.1, -0.05) is 96.1 Å². The first-order chi connectivity index (χ1) is 14.6. The summed E-state index contributed by atoms with van der Waals surface area (Å²) in [5, 5.41) is 0.142. The molecule has 1 aromatic carbocycles. The van der Waals surface area contributed by atoms with E-state index in [4.69, 9.17) is 11.6 Å². The van der Waals surface area contributed by atoms with Crippen molar-refractivity contribution in [3.05, 3.63) is 35.4 Å². The molecule has 0 bridgehead atoms. The number of halogens is 1. The highest BCUT2D eigenvalue weighted by Crippen LogP contribution is 2.23. The van der Waals surface area contributed by atoms with Crippen molar-refractivity contribution in [1.29, 1.82) is 0 Å². The summed E-state index contributed by atoms with van der Waals surface area (Å²) in [6.45, 7) is 2.73. The summed E-state index contributed by atoms with van der Waals surface area (Å²) in [7, 11) is 0. The maximum atomic E-state index is 12.4. The number of rotatable bonds is 17. The van der Waals surface area contributed by atoms with Crippen molar-refractivity contribution < 1.29 is 9.59 Å². The Morgan fingerprint density at radius 2 is 1.13 bits per heavy atom. The second kappa shape index (κ2) is 14.6. The minimum atomic E-state index is -0.164. The molecule has 0 radical (unpaired) electrons. The number of benzene rings is 1. The quantitative estimate of drug-likeness (QED) is 0.143. The van der Waals surface area contributed by atoms with Gasteiger partial charge in [-0.15, -0.1) is 11.6 Å². The van der Waals surface area contributed by atoms with E-state index in [2.05, 4.69) is 6.92 Å². The molecule has 3 nitrogen and oxygen atoms in total. The number of fused-ring (bicyclic) bond motifs is 1. The third-order valence-corrected chi connectivity index (χ3v) is 6.58. The number of amides is 2. The lowest BCUT2D eigenvalue weighted by atomic mass is 10.0. The molecular weight excluding hydrogens is 394 g/mol. The molecule has 1 atom stereocenters. The van der Waals surface area contributed by atoms with Gasteiger partial charge in [-0.05, 0) is 31.4 Å². The zero-order valence-electron chi connectivity index (χ0n) is 18.8. The van der Waals surface area contributed by atoms with Crippen molar-refractivity contribution in [2.75, 3.05) is 6.54 Å². The van der Waals surface area contributed by atoms with Crippen LogP contribution in [0.5, 0.6) is 0 Å². The number of unbranched alkanes of at least 4 members (excludes halogenated alkanes) is 11. The zero-order chi connectivity index (χ0) is 21.6. The van der Waals surface area contributed by atoms with E-state index in [0.29, 0.717) is 17.7 Å². The van der Waals surface area contributed by atoms with Gasteiger partial charge in [-0.3, -0.25) is 14.5 Å². The Kier molecular flexibility index (Phi) is 12.1. The van der Waals surface area contributed by atoms with E-state index in [-0.39, 0.29) is 17.2 Å². The van der Waals surface area contributed by atoms with Crippen molar-refractivity contribution >= 4 is 23.4 Å². The number of carbonyl (C=O) groups excluding carboxylic acids is 2. The van der Waals surface area contributed by atoms with Crippen LogP contribution in [0.3, 0.4) is 0 Å². The third kappa shape index (κ3) is 8.41. The van der Waals surface area contributed by atoms with E-state index in [1.807, 2.05) is 0 Å². The van der Waals surface area contributed by atoms with E-state index in [0.717, 1.165) is 19.3 Å². The Labute approximate surface area is 188 Å². The van der Waals surface area contributed by atoms with Crippen molar-refractivity contribution in [3.63, 3.8) is 0 Å². The van der Waals surface area contributed by atoms with Crippen LogP contribution in [0.1, 0.15) is 124 Å². The van der Waals surface area contributed by atoms with Crippen LogP contribution in [-0.2, 0) is 0 Å². The van der Waals surface area contributed by atoms with E-state index in [1.165, 1.54) is 81.9 Å². The molecule has 0 saturated carbocycles. The summed E-state index contributed by atoms with van der Waals surface area (Å²) >= 11 is 6.47. The minimum absolute atomic E-state index is 0.142. The maximum Gasteiger partial charge on any atom is 0.261 e. The van der Waals surface area contributed by atoms with Gasteiger partial charge in [0.2, 0.25) is 0 Å². The highest BCUT2D eigenvalue weighted by Gasteiger charge is 2.34. The standard InChI is InChI=1S/C26H40ClNO2/c1-2-3-4-5-6-7-8-9-10-11-12-13-17-22(27)18-16-21-28-25(29)23-19-14-15-20-24(23)26(28)30/h14-15,19-20,22H,2-13,16-18,21H2,1H3. The second-order valence-electron chi connectivity index (χ2n) is 8.72. The normalized spacial score (nSPS) is 14.4. The summed E-state index contributed by atoms with van der Waals surface area (Å²) in [5.74, 6) is -0.328. The monoisotopic (exact) mass is 433 g/mol. The van der Waals surface area contributed by atoms with Gasteiger partial charge >= 0.3 is 0 Å². The van der Waals surface area contributed by atoms with Crippen molar-refractivity contribution in [2.45, 2.75) is 109 Å². The van der Waals surface area contributed by atoms with Crippen LogP contribution in [0.4, 0.5) is 0 Å². The first-order valence-corrected chi connectivity index (χ1v) is 12.7. The molecule has 1 unspecified atom stereocenters. The Bertz CT molecular complexity index is 611. The molecule has 2 rings (SSSR count). The SMILES string of the molecule is CCCCCCCCCCCCCCC(Cl)CCCN1C(=O)c2ccccc2C1=O. The first kappa shape index (κ1) is 24.9. The first-order valence-electron chi connectivity index (χ1n) is 12.2. The van der Waals surface area contributed by atoms with Crippen LogP contribution >= 0.6 is 11.6 Å². The molecule has 0 N–H and O–H groups in total. The van der Waals surface area contributed by atoms with E-state index < -0.39 is 0 Å². The fourth-order valence-electron chi connectivity index (χ4n) is 4.26. The smallest absolute Gasteiger partial charge is 0.261 e. The molecule has 0 spiro atoms. The number of nitrogens with zero attached hydrogens (tertiary/aromatic N) is 1. The average Bonchev–Trinajstić information content (AvgIpc) is 2.99. The zero-order valence-corrected chi connectivity index (χ0v) is 19.6. The third-order valence-electron chi connectivity index (χ3n) is 6.15. The molecule has 4 heteroatoms. The Morgan fingerprint density at radius 1 is 0.700 bits per heavy atom. The van der Waals surface area contributed by atoms with Crippen molar-refractivity contribution in [1.82, 2.24) is 4.90 Å². The maximum absolute atomic E-state index is 12.4. The van der Waals surface area contributed by atoms with Gasteiger partial charge in [-0.2, -0.15) is 0 Å². The largest absolute Gasteiger partial charge is 0.274 e. The predicted molar refractivity (Wildman–Crippen MR) is 126 cm³/mol. The lowest BCUT2D eigenvalue weighted by Crippen LogP contribution is -2.31. The molecule has 0 aromatic heterocycles. The second-order valence-corrected chi connectivity index (χ2v) is 9.34. The van der Waals surface area contributed by atoms with E-state index in [1.54, 1.807) is 24.3 Å². The number of hydrogen-bond acceptors (Lipinski definition) is 2. The Hall–Kier alpha value is -1.35. The van der Waals surface area contributed by atoms with Crippen LogP contribution in [0, 0.1) is 0 Å². The Balaban J connectivity index is 1.44. The van der Waals surface area contributed by atoms with Gasteiger partial charge < -0.3 is 0 Å². The molecule has 0 saturated heterocycles. The topological polar surface area (TPSA) is 37.4 Å². The van der Waals surface area contributed by atoms with Crippen LogP contribution < -0.4 is 0 Å². The number of imide groups is 1. The fraction of sp³-hybridized carbons (Fsp3) is 0.692. The van der Waals surface area contributed by atoms with Gasteiger partial charge in [0.1, 0.15) is 0 Å². The number of alkyl halides is 1. The van der Waals surface area contributed by atoms with Gasteiger partial charge in [0, 0.05) is 11.9 Å². The minimum Gasteiger partial charge on any atom is -0.274 e. The molecule has 1 aliphatic heterocycles. The summed E-state index contributed by atoms with van der Waals surface area (Å²) in [6, 6.07) is 7.06. The highest BCUT2D eigenvalue weighted by atomic mass is 35.5. The predicted octanol–water partition coefficient (Wildman–Crippen LogP) is 7.76. The van der Waals surface area contributed by atoms with Gasteiger partial charge in [-0.25, -0.2) is 0 Å². The molecule has 1 heterocycles. The Morgan fingerprint density at radius 3 is 1.63 bits per heavy atom. The lowest BCUT2D eigenvalue weighted by Gasteiger charge is -2.15. The molecule has 168 valence electrons. The summed E-state index contributed by atoms with van der Waals surface area (Å²) in [4.78, 5) is 26.1. The number of hydrogen-bond donors (Lipinski definition) is 0. The van der Waals surface area contributed by atoms with Crippen LogP contribution in [0.2, 0.25) is 0 Å². The molecule has 1 aromatic rings.